The third kappa shape index (κ3) is 5.12. The summed E-state index contributed by atoms with van der Waals surface area (Å²) in [4.78, 5) is 29.1. The molecule has 1 aromatic carbocycles. The molecule has 2 heterocycles. The molecule has 0 saturated carbocycles. The Hall–Kier alpha value is -2.33. The van der Waals surface area contributed by atoms with Gasteiger partial charge in [0.05, 0.1) is 24.0 Å². The molecule has 1 fully saturated rings. The minimum Gasteiger partial charge on any atom is -0.376 e. The predicted octanol–water partition coefficient (Wildman–Crippen LogP) is 3.66. The van der Waals surface area contributed by atoms with Crippen molar-refractivity contribution in [2.75, 3.05) is 17.7 Å². The van der Waals surface area contributed by atoms with E-state index in [1.54, 1.807) is 4.57 Å². The maximum absolute atomic E-state index is 12.8. The number of fused-ring (bicyclic) bond motifs is 1. The number of anilines is 1. The summed E-state index contributed by atoms with van der Waals surface area (Å²) in [5.74, 6) is -0.508. The van der Waals surface area contributed by atoms with Gasteiger partial charge in [-0.25, -0.2) is 4.79 Å². The van der Waals surface area contributed by atoms with E-state index in [0.29, 0.717) is 18.2 Å². The van der Waals surface area contributed by atoms with Gasteiger partial charge in [-0.1, -0.05) is 17.8 Å². The number of nitrogens with zero attached hydrogens (tertiary/aromatic N) is 2. The van der Waals surface area contributed by atoms with Crippen molar-refractivity contribution in [3.8, 4) is 0 Å². The molecule has 1 aliphatic carbocycles. The third-order valence-corrected chi connectivity index (χ3v) is 6.44. The second-order valence-corrected chi connectivity index (χ2v) is 8.60. The fourth-order valence-corrected chi connectivity index (χ4v) is 4.87. The molecule has 1 aliphatic heterocycles. The van der Waals surface area contributed by atoms with Gasteiger partial charge in [0, 0.05) is 23.6 Å². The molecule has 166 valence electrons. The molecule has 31 heavy (non-hydrogen) atoms. The van der Waals surface area contributed by atoms with Gasteiger partial charge in [-0.2, -0.15) is 18.2 Å². The Morgan fingerprint density at radius 2 is 2.13 bits per heavy atom. The highest BCUT2D eigenvalue weighted by atomic mass is 32.2. The van der Waals surface area contributed by atoms with Crippen LogP contribution in [0.25, 0.3) is 0 Å². The lowest BCUT2D eigenvalue weighted by atomic mass is 10.2. The van der Waals surface area contributed by atoms with Crippen molar-refractivity contribution < 1.29 is 22.7 Å². The summed E-state index contributed by atoms with van der Waals surface area (Å²) in [5.41, 5.74) is 0.834. The van der Waals surface area contributed by atoms with Crippen LogP contribution >= 0.6 is 11.8 Å². The molecule has 0 spiro atoms. The van der Waals surface area contributed by atoms with E-state index in [4.69, 9.17) is 4.74 Å². The van der Waals surface area contributed by atoms with Crippen LogP contribution in [-0.2, 0) is 35.1 Å². The number of amides is 1. The number of carbonyl (C=O) groups is 1. The summed E-state index contributed by atoms with van der Waals surface area (Å²) in [7, 11) is 0. The number of halogens is 3. The van der Waals surface area contributed by atoms with Gasteiger partial charge in [-0.3, -0.25) is 9.36 Å². The Kier molecular flexibility index (Phi) is 6.38. The molecule has 1 amide bonds. The van der Waals surface area contributed by atoms with E-state index < -0.39 is 17.6 Å². The molecule has 1 aromatic heterocycles. The van der Waals surface area contributed by atoms with E-state index in [0.717, 1.165) is 67.3 Å². The van der Waals surface area contributed by atoms with Crippen molar-refractivity contribution in [3.05, 3.63) is 51.6 Å². The summed E-state index contributed by atoms with van der Waals surface area (Å²) in [6, 6.07) is 4.49. The number of aromatic nitrogens is 2. The minimum atomic E-state index is -4.48. The van der Waals surface area contributed by atoms with E-state index in [1.165, 1.54) is 12.1 Å². The Balaban J connectivity index is 1.44. The number of carbonyl (C=O) groups excluding carboxylic acids is 1. The van der Waals surface area contributed by atoms with Crippen LogP contribution in [0.5, 0.6) is 0 Å². The summed E-state index contributed by atoms with van der Waals surface area (Å²) in [5, 5.41) is 3.01. The average Bonchev–Trinajstić information content (AvgIpc) is 3.40. The van der Waals surface area contributed by atoms with Crippen LogP contribution in [0.1, 0.15) is 36.1 Å². The van der Waals surface area contributed by atoms with Crippen LogP contribution in [-0.4, -0.2) is 33.9 Å². The second-order valence-electron chi connectivity index (χ2n) is 7.64. The molecule has 1 saturated heterocycles. The SMILES string of the molecule is O=C(CSc1nc(=O)n(CC2CCCO2)c2c1CCC2)Nc1cccc(C(F)(F)F)c1. The number of nitrogens with one attached hydrogen (secondary N) is 1. The zero-order valence-corrected chi connectivity index (χ0v) is 17.5. The lowest BCUT2D eigenvalue weighted by Crippen LogP contribution is -2.31. The molecular formula is C21H22F3N3O3S. The topological polar surface area (TPSA) is 73.2 Å². The predicted molar refractivity (Wildman–Crippen MR) is 110 cm³/mol. The van der Waals surface area contributed by atoms with Crippen molar-refractivity contribution in [1.82, 2.24) is 9.55 Å². The number of ether oxygens (including phenoxy) is 1. The number of rotatable bonds is 6. The monoisotopic (exact) mass is 453 g/mol. The normalized spacial score (nSPS) is 18.2. The quantitative estimate of drug-likeness (QED) is 0.534. The maximum atomic E-state index is 12.8. The summed E-state index contributed by atoms with van der Waals surface area (Å²) >= 11 is 1.14. The fourth-order valence-electron chi connectivity index (χ4n) is 3.99. The summed E-state index contributed by atoms with van der Waals surface area (Å²) in [6.07, 6.45) is -0.0583. The van der Waals surface area contributed by atoms with Crippen molar-refractivity contribution in [3.63, 3.8) is 0 Å². The standard InChI is InChI=1S/C21H22F3N3O3S/c22-21(23,24)13-4-1-5-14(10-13)25-18(28)12-31-19-16-7-2-8-17(16)27(20(29)26-19)11-15-6-3-9-30-15/h1,4-5,10,15H,2-3,6-9,11-12H2,(H,25,28). The van der Waals surface area contributed by atoms with Gasteiger partial charge in [0.1, 0.15) is 5.03 Å². The molecule has 1 N–H and O–H groups in total. The zero-order valence-electron chi connectivity index (χ0n) is 16.7. The smallest absolute Gasteiger partial charge is 0.376 e. The van der Waals surface area contributed by atoms with Crippen molar-refractivity contribution in [2.45, 2.75) is 56.0 Å². The Morgan fingerprint density at radius 1 is 1.29 bits per heavy atom. The third-order valence-electron chi connectivity index (χ3n) is 5.42. The molecule has 0 bridgehead atoms. The van der Waals surface area contributed by atoms with Crippen LogP contribution in [0.3, 0.4) is 0 Å². The molecule has 1 unspecified atom stereocenters. The molecule has 1 atom stereocenters. The van der Waals surface area contributed by atoms with Gasteiger partial charge in [0.2, 0.25) is 5.91 Å². The van der Waals surface area contributed by atoms with Gasteiger partial charge in [-0.15, -0.1) is 0 Å². The van der Waals surface area contributed by atoms with Crippen molar-refractivity contribution >= 4 is 23.4 Å². The van der Waals surface area contributed by atoms with Crippen LogP contribution in [0.2, 0.25) is 0 Å². The van der Waals surface area contributed by atoms with Crippen molar-refractivity contribution in [2.24, 2.45) is 0 Å². The molecule has 4 rings (SSSR count). The average molecular weight is 453 g/mol. The highest BCUT2D eigenvalue weighted by molar-refractivity contribution is 8.00. The Bertz CT molecular complexity index is 1030. The highest BCUT2D eigenvalue weighted by Gasteiger charge is 2.30. The number of hydrogen-bond acceptors (Lipinski definition) is 5. The molecule has 10 heteroatoms. The second kappa shape index (κ2) is 9.04. The largest absolute Gasteiger partial charge is 0.416 e. The fraction of sp³-hybridized carbons (Fsp3) is 0.476. The summed E-state index contributed by atoms with van der Waals surface area (Å²) < 4.78 is 45.9. The lowest BCUT2D eigenvalue weighted by Gasteiger charge is -2.17. The van der Waals surface area contributed by atoms with Crippen LogP contribution in [0.4, 0.5) is 18.9 Å². The van der Waals surface area contributed by atoms with Gasteiger partial charge in [-0.05, 0) is 50.3 Å². The maximum Gasteiger partial charge on any atom is 0.416 e. The first-order chi connectivity index (χ1) is 14.8. The highest BCUT2D eigenvalue weighted by Crippen LogP contribution is 2.32. The number of hydrogen-bond donors (Lipinski definition) is 1. The molecule has 2 aromatic rings. The summed E-state index contributed by atoms with van der Waals surface area (Å²) in [6.45, 7) is 1.21. The first kappa shape index (κ1) is 21.9. The Morgan fingerprint density at radius 3 is 2.87 bits per heavy atom. The number of benzene rings is 1. The van der Waals surface area contributed by atoms with Gasteiger partial charge >= 0.3 is 11.9 Å². The zero-order chi connectivity index (χ0) is 22.0. The van der Waals surface area contributed by atoms with Crippen LogP contribution in [0, 0.1) is 0 Å². The Labute approximate surface area is 181 Å². The number of thioether (sulfide) groups is 1. The van der Waals surface area contributed by atoms with E-state index in [1.807, 2.05) is 0 Å². The lowest BCUT2D eigenvalue weighted by molar-refractivity contribution is -0.137. The van der Waals surface area contributed by atoms with Crippen LogP contribution < -0.4 is 11.0 Å². The van der Waals surface area contributed by atoms with Gasteiger partial charge in [0.25, 0.3) is 0 Å². The van der Waals surface area contributed by atoms with Gasteiger partial charge in [0.15, 0.2) is 0 Å². The molecule has 0 radical (unpaired) electrons. The number of alkyl halides is 3. The van der Waals surface area contributed by atoms with E-state index in [-0.39, 0.29) is 23.2 Å². The van der Waals surface area contributed by atoms with E-state index in [2.05, 4.69) is 10.3 Å². The molecular weight excluding hydrogens is 431 g/mol. The van der Waals surface area contributed by atoms with Gasteiger partial charge < -0.3 is 10.1 Å². The van der Waals surface area contributed by atoms with E-state index in [9.17, 15) is 22.8 Å². The molecule has 6 nitrogen and oxygen atoms in total. The van der Waals surface area contributed by atoms with E-state index >= 15 is 0 Å². The first-order valence-corrected chi connectivity index (χ1v) is 11.1. The minimum absolute atomic E-state index is 0.0287. The first-order valence-electron chi connectivity index (χ1n) is 10.2. The van der Waals surface area contributed by atoms with Crippen LogP contribution in [0.15, 0.2) is 34.1 Å². The molecule has 2 aliphatic rings. The van der Waals surface area contributed by atoms with Crippen molar-refractivity contribution in [1.29, 1.82) is 0 Å².